The van der Waals surface area contributed by atoms with Crippen LogP contribution in [-0.2, 0) is 11.3 Å². The molecule has 3 heterocycles. The van der Waals surface area contributed by atoms with Crippen molar-refractivity contribution in [3.63, 3.8) is 0 Å². The zero-order chi connectivity index (χ0) is 16.5. The number of fused-ring (bicyclic) bond motifs is 1. The van der Waals surface area contributed by atoms with Crippen molar-refractivity contribution in [3.05, 3.63) is 41.3 Å². The fraction of sp³-hybridized carbons (Fsp3) is 0.412. The van der Waals surface area contributed by atoms with Crippen molar-refractivity contribution in [3.8, 4) is 0 Å². The van der Waals surface area contributed by atoms with Gasteiger partial charge in [0.25, 0.3) is 0 Å². The zero-order valence-corrected chi connectivity index (χ0v) is 14.6. The van der Waals surface area contributed by atoms with Crippen LogP contribution in [0.2, 0.25) is 0 Å². The van der Waals surface area contributed by atoms with Gasteiger partial charge in [0.1, 0.15) is 22.7 Å². The van der Waals surface area contributed by atoms with Gasteiger partial charge in [-0.25, -0.2) is 9.97 Å². The van der Waals surface area contributed by atoms with Gasteiger partial charge in [-0.2, -0.15) is 8.75 Å². The van der Waals surface area contributed by atoms with Crippen LogP contribution >= 0.6 is 11.7 Å². The summed E-state index contributed by atoms with van der Waals surface area (Å²) in [5.41, 5.74) is 4.18. The first kappa shape index (κ1) is 15.4. The quantitative estimate of drug-likeness (QED) is 0.727. The molecule has 1 aromatic carbocycles. The molecule has 0 saturated carbocycles. The Balaban J connectivity index is 1.57. The maximum absolute atomic E-state index is 5.49. The standard InChI is InChI=1S/C17H19N5OS/c1-11-18-15(13-5-6-23-10-13)8-17(19-11)22(2)9-12-3-4-14-16(7-12)21-24-20-14/h3-4,7-8,13H,5-6,9-10H2,1-2H3. The van der Waals surface area contributed by atoms with Crippen molar-refractivity contribution in [2.24, 2.45) is 0 Å². The molecule has 1 aliphatic heterocycles. The molecule has 6 nitrogen and oxygen atoms in total. The summed E-state index contributed by atoms with van der Waals surface area (Å²) in [6, 6.07) is 8.30. The molecule has 0 bridgehead atoms. The second-order valence-corrected chi connectivity index (χ2v) is 6.73. The number of hydrogen-bond donors (Lipinski definition) is 0. The van der Waals surface area contributed by atoms with Crippen LogP contribution in [0.15, 0.2) is 24.3 Å². The van der Waals surface area contributed by atoms with E-state index in [-0.39, 0.29) is 0 Å². The van der Waals surface area contributed by atoms with Crippen LogP contribution in [-0.4, -0.2) is 39.0 Å². The third kappa shape index (κ3) is 3.09. The normalized spacial score (nSPS) is 17.5. The van der Waals surface area contributed by atoms with Gasteiger partial charge < -0.3 is 9.64 Å². The summed E-state index contributed by atoms with van der Waals surface area (Å²) in [5, 5.41) is 0. The molecule has 1 saturated heterocycles. The molecule has 0 radical (unpaired) electrons. The molecule has 1 fully saturated rings. The number of ether oxygens (including phenoxy) is 1. The molecule has 2 aromatic heterocycles. The van der Waals surface area contributed by atoms with Crippen molar-refractivity contribution in [1.82, 2.24) is 18.7 Å². The van der Waals surface area contributed by atoms with Crippen LogP contribution in [0.25, 0.3) is 11.0 Å². The molecule has 0 spiro atoms. The van der Waals surface area contributed by atoms with Gasteiger partial charge in [0.05, 0.1) is 24.0 Å². The first-order valence-corrected chi connectivity index (χ1v) is 8.78. The first-order valence-electron chi connectivity index (χ1n) is 8.05. The van der Waals surface area contributed by atoms with Crippen molar-refractivity contribution >= 4 is 28.6 Å². The van der Waals surface area contributed by atoms with Crippen molar-refractivity contribution in [2.75, 3.05) is 25.2 Å². The Bertz CT molecular complexity index is 859. The Kier molecular flexibility index (Phi) is 4.12. The SMILES string of the molecule is Cc1nc(C2CCOC2)cc(N(C)Cc2ccc3nsnc3c2)n1. The monoisotopic (exact) mass is 341 g/mol. The van der Waals surface area contributed by atoms with E-state index in [0.29, 0.717) is 5.92 Å². The average Bonchev–Trinajstić information content (AvgIpc) is 3.25. The number of rotatable bonds is 4. The summed E-state index contributed by atoms with van der Waals surface area (Å²) in [4.78, 5) is 11.4. The summed E-state index contributed by atoms with van der Waals surface area (Å²) < 4.78 is 14.1. The minimum absolute atomic E-state index is 0.385. The highest BCUT2D eigenvalue weighted by atomic mass is 32.1. The topological polar surface area (TPSA) is 64.0 Å². The lowest BCUT2D eigenvalue weighted by atomic mass is 10.0. The Morgan fingerprint density at radius 3 is 2.92 bits per heavy atom. The number of aromatic nitrogens is 4. The second kappa shape index (κ2) is 6.41. The van der Waals surface area contributed by atoms with E-state index in [0.717, 1.165) is 54.5 Å². The van der Waals surface area contributed by atoms with E-state index in [2.05, 4.69) is 48.9 Å². The molecule has 0 N–H and O–H groups in total. The minimum atomic E-state index is 0.385. The van der Waals surface area contributed by atoms with Gasteiger partial charge in [-0.1, -0.05) is 6.07 Å². The smallest absolute Gasteiger partial charge is 0.132 e. The van der Waals surface area contributed by atoms with Gasteiger partial charge in [0, 0.05) is 32.2 Å². The molecule has 24 heavy (non-hydrogen) atoms. The van der Waals surface area contributed by atoms with Gasteiger partial charge >= 0.3 is 0 Å². The van der Waals surface area contributed by atoms with E-state index in [1.807, 2.05) is 13.0 Å². The molecule has 3 aromatic rings. The highest BCUT2D eigenvalue weighted by molar-refractivity contribution is 7.00. The Hall–Kier alpha value is -2.12. The molecular formula is C17H19N5OS. The van der Waals surface area contributed by atoms with Gasteiger partial charge in [0.2, 0.25) is 0 Å². The number of hydrogen-bond acceptors (Lipinski definition) is 7. The van der Waals surface area contributed by atoms with E-state index >= 15 is 0 Å². The average molecular weight is 341 g/mol. The maximum atomic E-state index is 5.49. The Morgan fingerprint density at radius 1 is 1.21 bits per heavy atom. The molecular weight excluding hydrogens is 322 g/mol. The summed E-state index contributed by atoms with van der Waals surface area (Å²) in [6.07, 6.45) is 1.03. The van der Waals surface area contributed by atoms with E-state index in [1.165, 1.54) is 17.3 Å². The van der Waals surface area contributed by atoms with Crippen LogP contribution in [0.4, 0.5) is 5.82 Å². The van der Waals surface area contributed by atoms with Crippen LogP contribution in [0.3, 0.4) is 0 Å². The van der Waals surface area contributed by atoms with Crippen molar-refractivity contribution in [2.45, 2.75) is 25.8 Å². The number of anilines is 1. The summed E-state index contributed by atoms with van der Waals surface area (Å²) >= 11 is 1.25. The minimum Gasteiger partial charge on any atom is -0.381 e. The maximum Gasteiger partial charge on any atom is 0.132 e. The molecule has 124 valence electrons. The third-order valence-electron chi connectivity index (χ3n) is 4.32. The fourth-order valence-corrected chi connectivity index (χ4v) is 3.55. The van der Waals surface area contributed by atoms with E-state index in [4.69, 9.17) is 4.74 Å². The molecule has 0 amide bonds. The van der Waals surface area contributed by atoms with Crippen LogP contribution in [0.1, 0.15) is 29.4 Å². The first-order chi connectivity index (χ1) is 11.7. The van der Waals surface area contributed by atoms with Crippen molar-refractivity contribution in [1.29, 1.82) is 0 Å². The predicted octanol–water partition coefficient (Wildman–Crippen LogP) is 2.93. The molecule has 7 heteroatoms. The lowest BCUT2D eigenvalue weighted by Crippen LogP contribution is -2.19. The summed E-state index contributed by atoms with van der Waals surface area (Å²) in [5.74, 6) is 2.14. The summed E-state index contributed by atoms with van der Waals surface area (Å²) in [6.45, 7) is 4.29. The van der Waals surface area contributed by atoms with Gasteiger partial charge in [0.15, 0.2) is 0 Å². The third-order valence-corrected chi connectivity index (χ3v) is 4.88. The molecule has 1 unspecified atom stereocenters. The van der Waals surface area contributed by atoms with E-state index in [1.54, 1.807) is 0 Å². The van der Waals surface area contributed by atoms with Crippen LogP contribution in [0, 0.1) is 6.92 Å². The van der Waals surface area contributed by atoms with Gasteiger partial charge in [-0.15, -0.1) is 0 Å². The number of aryl methyl sites for hydroxylation is 1. The second-order valence-electron chi connectivity index (χ2n) is 6.20. The molecule has 1 atom stereocenters. The van der Waals surface area contributed by atoms with Crippen molar-refractivity contribution < 1.29 is 4.74 Å². The zero-order valence-electron chi connectivity index (χ0n) is 13.8. The van der Waals surface area contributed by atoms with Crippen LogP contribution < -0.4 is 4.90 Å². The lowest BCUT2D eigenvalue weighted by molar-refractivity contribution is 0.193. The van der Waals surface area contributed by atoms with E-state index in [9.17, 15) is 0 Å². The van der Waals surface area contributed by atoms with E-state index < -0.39 is 0 Å². The number of benzene rings is 1. The lowest BCUT2D eigenvalue weighted by Gasteiger charge is -2.20. The largest absolute Gasteiger partial charge is 0.381 e. The fourth-order valence-electron chi connectivity index (χ4n) is 3.03. The highest BCUT2D eigenvalue weighted by Crippen LogP contribution is 2.26. The Morgan fingerprint density at radius 2 is 2.08 bits per heavy atom. The number of nitrogens with zero attached hydrogens (tertiary/aromatic N) is 5. The highest BCUT2D eigenvalue weighted by Gasteiger charge is 2.21. The summed E-state index contributed by atoms with van der Waals surface area (Å²) in [7, 11) is 2.06. The molecule has 1 aliphatic rings. The predicted molar refractivity (Wildman–Crippen MR) is 94.5 cm³/mol. The van der Waals surface area contributed by atoms with Crippen LogP contribution in [0.5, 0.6) is 0 Å². The van der Waals surface area contributed by atoms with Gasteiger partial charge in [-0.05, 0) is 31.0 Å². The Labute approximate surface area is 144 Å². The molecule has 0 aliphatic carbocycles. The molecule has 4 rings (SSSR count). The van der Waals surface area contributed by atoms with Gasteiger partial charge in [-0.3, -0.25) is 0 Å².